The van der Waals surface area contributed by atoms with E-state index in [1.54, 1.807) is 6.07 Å². The molecule has 0 radical (unpaired) electrons. The second-order valence-electron chi connectivity index (χ2n) is 7.17. The summed E-state index contributed by atoms with van der Waals surface area (Å²) in [4.78, 5) is 19.9. The Morgan fingerprint density at radius 3 is 2.38 bits per heavy atom. The predicted molar refractivity (Wildman–Crippen MR) is 107 cm³/mol. The third kappa shape index (κ3) is 3.86. The molecule has 0 aliphatic rings. The van der Waals surface area contributed by atoms with E-state index in [2.05, 4.69) is 60.3 Å². The van der Waals surface area contributed by atoms with Crippen molar-refractivity contribution in [3.8, 4) is 0 Å². The highest BCUT2D eigenvalue weighted by Gasteiger charge is 2.20. The zero-order chi connectivity index (χ0) is 18.7. The van der Waals surface area contributed by atoms with Crippen LogP contribution in [0, 0.1) is 5.92 Å². The van der Waals surface area contributed by atoms with Crippen LogP contribution in [0.1, 0.15) is 56.7 Å². The third-order valence-electron chi connectivity index (χ3n) is 4.88. The highest BCUT2D eigenvalue weighted by Crippen LogP contribution is 2.25. The SMILES string of the molecule is CCc1ccc([C@@H](N[C@@H](C)c2nc3ccccc3c(=O)[nH]2)C(C)C)cc1. The van der Waals surface area contributed by atoms with E-state index in [0.29, 0.717) is 17.1 Å². The fraction of sp³-hybridized carbons (Fsp3) is 0.364. The van der Waals surface area contributed by atoms with Crippen LogP contribution in [0.2, 0.25) is 0 Å². The maximum Gasteiger partial charge on any atom is 0.258 e. The van der Waals surface area contributed by atoms with Crippen LogP contribution in [0.3, 0.4) is 0 Å². The van der Waals surface area contributed by atoms with E-state index in [0.717, 1.165) is 11.9 Å². The molecule has 0 saturated heterocycles. The lowest BCUT2D eigenvalue weighted by atomic mass is 9.94. The maximum atomic E-state index is 12.3. The van der Waals surface area contributed by atoms with Gasteiger partial charge in [0.1, 0.15) is 5.82 Å². The van der Waals surface area contributed by atoms with Crippen LogP contribution in [-0.4, -0.2) is 9.97 Å². The Hall–Kier alpha value is -2.46. The molecule has 0 bridgehead atoms. The number of aryl methyl sites for hydroxylation is 1. The first-order chi connectivity index (χ1) is 12.5. The molecule has 2 atom stereocenters. The first kappa shape index (κ1) is 18.3. The smallest absolute Gasteiger partial charge is 0.258 e. The molecule has 1 aromatic heterocycles. The van der Waals surface area contributed by atoms with E-state index in [1.165, 1.54) is 11.1 Å². The van der Waals surface area contributed by atoms with Gasteiger partial charge >= 0.3 is 0 Å². The summed E-state index contributed by atoms with van der Waals surface area (Å²) in [6.07, 6.45) is 1.04. The van der Waals surface area contributed by atoms with Gasteiger partial charge in [-0.15, -0.1) is 0 Å². The molecule has 0 spiro atoms. The number of nitrogens with one attached hydrogen (secondary N) is 2. The Labute approximate surface area is 154 Å². The molecule has 0 aliphatic carbocycles. The normalized spacial score (nSPS) is 13.9. The van der Waals surface area contributed by atoms with Gasteiger partial charge in [-0.05, 0) is 42.5 Å². The monoisotopic (exact) mass is 349 g/mol. The summed E-state index contributed by atoms with van der Waals surface area (Å²) in [5.41, 5.74) is 3.23. The summed E-state index contributed by atoms with van der Waals surface area (Å²) in [6, 6.07) is 16.3. The minimum absolute atomic E-state index is 0.0643. The van der Waals surface area contributed by atoms with Gasteiger partial charge in [0.05, 0.1) is 16.9 Å². The second-order valence-corrected chi connectivity index (χ2v) is 7.17. The number of hydrogen-bond donors (Lipinski definition) is 2. The summed E-state index contributed by atoms with van der Waals surface area (Å²) in [5.74, 6) is 1.08. The summed E-state index contributed by atoms with van der Waals surface area (Å²) >= 11 is 0. The quantitative estimate of drug-likeness (QED) is 0.687. The predicted octanol–water partition coefficient (Wildman–Crippen LogP) is 4.53. The van der Waals surface area contributed by atoms with Gasteiger partial charge in [-0.1, -0.05) is 57.2 Å². The number of benzene rings is 2. The number of hydrogen-bond acceptors (Lipinski definition) is 3. The molecule has 3 aromatic rings. The number of aromatic amines is 1. The van der Waals surface area contributed by atoms with Crippen molar-refractivity contribution in [1.29, 1.82) is 0 Å². The topological polar surface area (TPSA) is 57.8 Å². The van der Waals surface area contributed by atoms with Crippen molar-refractivity contribution in [3.63, 3.8) is 0 Å². The van der Waals surface area contributed by atoms with Gasteiger partial charge in [-0.25, -0.2) is 4.98 Å². The standard InChI is InChI=1S/C22H27N3O/c1-5-16-10-12-17(13-11-16)20(14(2)3)23-15(4)21-24-19-9-7-6-8-18(19)22(26)25-21/h6-15,20,23H,5H2,1-4H3,(H,24,25,26)/t15-,20-/m0/s1. The summed E-state index contributed by atoms with van der Waals surface area (Å²) in [5, 5.41) is 4.27. The number of rotatable bonds is 6. The minimum Gasteiger partial charge on any atom is -0.309 e. The maximum absolute atomic E-state index is 12.3. The van der Waals surface area contributed by atoms with Gasteiger partial charge in [-0.3, -0.25) is 4.79 Å². The molecule has 0 unspecified atom stereocenters. The fourth-order valence-corrected chi connectivity index (χ4v) is 3.29. The van der Waals surface area contributed by atoms with Crippen molar-refractivity contribution in [3.05, 3.63) is 75.8 Å². The van der Waals surface area contributed by atoms with E-state index >= 15 is 0 Å². The van der Waals surface area contributed by atoms with Crippen molar-refractivity contribution >= 4 is 10.9 Å². The molecule has 4 heteroatoms. The second kappa shape index (κ2) is 7.83. The van der Waals surface area contributed by atoms with Crippen LogP contribution in [0.25, 0.3) is 10.9 Å². The lowest BCUT2D eigenvalue weighted by molar-refractivity contribution is 0.367. The molecule has 2 aromatic carbocycles. The zero-order valence-corrected chi connectivity index (χ0v) is 15.9. The molecular formula is C22H27N3O. The van der Waals surface area contributed by atoms with Crippen LogP contribution in [-0.2, 0) is 6.42 Å². The molecule has 3 rings (SSSR count). The number of aromatic nitrogens is 2. The molecule has 4 nitrogen and oxygen atoms in total. The van der Waals surface area contributed by atoms with Crippen LogP contribution < -0.4 is 10.9 Å². The highest BCUT2D eigenvalue weighted by atomic mass is 16.1. The van der Waals surface area contributed by atoms with E-state index in [1.807, 2.05) is 25.1 Å². The van der Waals surface area contributed by atoms with Gasteiger partial charge < -0.3 is 10.3 Å². The molecule has 0 saturated carbocycles. The first-order valence-electron chi connectivity index (χ1n) is 9.33. The number of fused-ring (bicyclic) bond motifs is 1. The van der Waals surface area contributed by atoms with Gasteiger partial charge in [0.25, 0.3) is 5.56 Å². The largest absolute Gasteiger partial charge is 0.309 e. The number of para-hydroxylation sites is 1. The summed E-state index contributed by atoms with van der Waals surface area (Å²) in [6.45, 7) is 8.61. The summed E-state index contributed by atoms with van der Waals surface area (Å²) in [7, 11) is 0. The Morgan fingerprint density at radius 1 is 1.04 bits per heavy atom. The van der Waals surface area contributed by atoms with Gasteiger partial charge in [0.2, 0.25) is 0 Å². The Morgan fingerprint density at radius 2 is 1.73 bits per heavy atom. The first-order valence-corrected chi connectivity index (χ1v) is 9.33. The Kier molecular flexibility index (Phi) is 5.52. The molecule has 0 amide bonds. The van der Waals surface area contributed by atoms with Crippen molar-refractivity contribution in [2.75, 3.05) is 0 Å². The number of nitrogens with zero attached hydrogens (tertiary/aromatic N) is 1. The van der Waals surface area contributed by atoms with Crippen molar-refractivity contribution in [2.24, 2.45) is 5.92 Å². The molecule has 1 heterocycles. The Bertz CT molecular complexity index is 928. The average Bonchev–Trinajstić information content (AvgIpc) is 2.65. The Balaban J connectivity index is 1.88. The van der Waals surface area contributed by atoms with Crippen molar-refractivity contribution in [1.82, 2.24) is 15.3 Å². The van der Waals surface area contributed by atoms with Crippen LogP contribution in [0.4, 0.5) is 0 Å². The zero-order valence-electron chi connectivity index (χ0n) is 15.9. The lowest BCUT2D eigenvalue weighted by Gasteiger charge is -2.27. The third-order valence-corrected chi connectivity index (χ3v) is 4.88. The van der Waals surface area contributed by atoms with Gasteiger partial charge in [0.15, 0.2) is 0 Å². The fourth-order valence-electron chi connectivity index (χ4n) is 3.29. The van der Waals surface area contributed by atoms with Crippen LogP contribution in [0.15, 0.2) is 53.3 Å². The van der Waals surface area contributed by atoms with Gasteiger partial charge in [-0.2, -0.15) is 0 Å². The van der Waals surface area contributed by atoms with Gasteiger partial charge in [0, 0.05) is 6.04 Å². The highest BCUT2D eigenvalue weighted by molar-refractivity contribution is 5.77. The van der Waals surface area contributed by atoms with Crippen molar-refractivity contribution in [2.45, 2.75) is 46.2 Å². The minimum atomic E-state index is -0.0901. The lowest BCUT2D eigenvalue weighted by Crippen LogP contribution is -2.30. The molecular weight excluding hydrogens is 322 g/mol. The van der Waals surface area contributed by atoms with Crippen molar-refractivity contribution < 1.29 is 0 Å². The van der Waals surface area contributed by atoms with E-state index < -0.39 is 0 Å². The molecule has 0 aliphatic heterocycles. The molecule has 136 valence electrons. The van der Waals surface area contributed by atoms with E-state index in [9.17, 15) is 4.79 Å². The molecule has 0 fully saturated rings. The average molecular weight is 349 g/mol. The number of H-pyrrole nitrogens is 1. The summed E-state index contributed by atoms with van der Waals surface area (Å²) < 4.78 is 0. The van der Waals surface area contributed by atoms with E-state index in [4.69, 9.17) is 0 Å². The molecule has 2 N–H and O–H groups in total. The van der Waals surface area contributed by atoms with E-state index in [-0.39, 0.29) is 17.6 Å². The van der Waals surface area contributed by atoms with Crippen LogP contribution in [0.5, 0.6) is 0 Å². The molecule has 26 heavy (non-hydrogen) atoms. The van der Waals surface area contributed by atoms with Crippen LogP contribution >= 0.6 is 0 Å².